The van der Waals surface area contributed by atoms with Crippen LogP contribution < -0.4 is 4.90 Å². The van der Waals surface area contributed by atoms with Gasteiger partial charge in [-0.2, -0.15) is 0 Å². The average Bonchev–Trinajstić information content (AvgIpc) is 2.39. The van der Waals surface area contributed by atoms with E-state index in [1.54, 1.807) is 4.90 Å². The second-order valence-electron chi connectivity index (χ2n) is 4.76. The highest BCUT2D eigenvalue weighted by atomic mass is 15.1. The van der Waals surface area contributed by atoms with Crippen molar-refractivity contribution in [2.24, 2.45) is 0 Å². The minimum Gasteiger partial charge on any atom is -0.327 e. The molecule has 0 saturated heterocycles. The summed E-state index contributed by atoms with van der Waals surface area (Å²) >= 11 is 0. The van der Waals surface area contributed by atoms with Crippen LogP contribution in [0.5, 0.6) is 0 Å². The van der Waals surface area contributed by atoms with E-state index in [4.69, 9.17) is 0 Å². The van der Waals surface area contributed by atoms with Crippen molar-refractivity contribution in [3.05, 3.63) is 65.5 Å². The maximum Gasteiger partial charge on any atom is 0.139 e. The predicted octanol–water partition coefficient (Wildman–Crippen LogP) is 1.24. The molecule has 2 aromatic rings. The molecule has 0 amide bonds. The van der Waals surface area contributed by atoms with Crippen LogP contribution in [0.3, 0.4) is 0 Å². The Labute approximate surface area is 102 Å². The molecular weight excluding hydrogens is 208 g/mol. The number of hydrogen-bond acceptors (Lipinski definition) is 1. The number of likely N-dealkylation sites (N-methyl/N-ethyl adjacent to an activating group) is 1. The molecule has 1 unspecified atom stereocenters. The van der Waals surface area contributed by atoms with Crippen LogP contribution in [-0.2, 0) is 6.42 Å². The lowest BCUT2D eigenvalue weighted by molar-refractivity contribution is -0.908. The van der Waals surface area contributed by atoms with Crippen LogP contribution in [0, 0.1) is 0 Å². The summed E-state index contributed by atoms with van der Waals surface area (Å²) in [6, 6.07) is 13.5. The second kappa shape index (κ2) is 4.30. The fourth-order valence-corrected chi connectivity index (χ4v) is 2.81. The van der Waals surface area contributed by atoms with Crippen LogP contribution >= 0.6 is 0 Å². The van der Waals surface area contributed by atoms with Crippen molar-refractivity contribution in [1.82, 2.24) is 4.98 Å². The molecule has 0 fully saturated rings. The van der Waals surface area contributed by atoms with Gasteiger partial charge in [0.15, 0.2) is 0 Å². The Hall–Kier alpha value is -1.67. The van der Waals surface area contributed by atoms with Gasteiger partial charge in [-0.1, -0.05) is 24.3 Å². The van der Waals surface area contributed by atoms with Gasteiger partial charge in [-0.15, -0.1) is 0 Å². The second-order valence-corrected chi connectivity index (χ2v) is 4.76. The Kier molecular flexibility index (Phi) is 2.65. The number of rotatable bonds is 1. The summed E-state index contributed by atoms with van der Waals surface area (Å²) < 4.78 is 0. The molecule has 0 radical (unpaired) electrons. The van der Waals surface area contributed by atoms with Crippen molar-refractivity contribution in [2.45, 2.75) is 12.5 Å². The third-order valence-electron chi connectivity index (χ3n) is 3.69. The van der Waals surface area contributed by atoms with Crippen molar-refractivity contribution in [2.75, 3.05) is 13.6 Å². The SMILES string of the molecule is C[NH+]1CCc2ccccc2[C@H]1c1ccncc1. The molecule has 86 valence electrons. The molecule has 0 bridgehead atoms. The lowest BCUT2D eigenvalue weighted by atomic mass is 9.89. The Bertz CT molecular complexity index is 507. The molecule has 1 aromatic heterocycles. The van der Waals surface area contributed by atoms with Gasteiger partial charge in [0, 0.05) is 29.9 Å². The first-order valence-corrected chi connectivity index (χ1v) is 6.16. The summed E-state index contributed by atoms with van der Waals surface area (Å²) in [7, 11) is 2.28. The zero-order valence-corrected chi connectivity index (χ0v) is 10.1. The van der Waals surface area contributed by atoms with Crippen molar-refractivity contribution >= 4 is 0 Å². The number of aromatic nitrogens is 1. The number of nitrogens with zero attached hydrogens (tertiary/aromatic N) is 1. The van der Waals surface area contributed by atoms with E-state index in [0.29, 0.717) is 6.04 Å². The highest BCUT2D eigenvalue weighted by Crippen LogP contribution is 2.24. The molecule has 1 aliphatic heterocycles. The van der Waals surface area contributed by atoms with Gasteiger partial charge >= 0.3 is 0 Å². The van der Waals surface area contributed by atoms with E-state index < -0.39 is 0 Å². The maximum absolute atomic E-state index is 4.11. The number of benzene rings is 1. The molecule has 0 aliphatic carbocycles. The van der Waals surface area contributed by atoms with Gasteiger partial charge in [0.05, 0.1) is 13.6 Å². The minimum absolute atomic E-state index is 0.461. The molecule has 0 spiro atoms. The van der Waals surface area contributed by atoms with Crippen LogP contribution in [0.2, 0.25) is 0 Å². The van der Waals surface area contributed by atoms with Crippen LogP contribution in [0.15, 0.2) is 48.8 Å². The van der Waals surface area contributed by atoms with E-state index >= 15 is 0 Å². The first kappa shape index (κ1) is 10.5. The number of quaternary nitrogens is 1. The molecule has 0 saturated carbocycles. The maximum atomic E-state index is 4.11. The molecule has 2 heterocycles. The van der Waals surface area contributed by atoms with Crippen LogP contribution in [0.1, 0.15) is 22.7 Å². The number of nitrogens with one attached hydrogen (secondary N) is 1. The molecule has 17 heavy (non-hydrogen) atoms. The summed E-state index contributed by atoms with van der Waals surface area (Å²) in [5, 5.41) is 0. The summed E-state index contributed by atoms with van der Waals surface area (Å²) in [6.07, 6.45) is 4.96. The van der Waals surface area contributed by atoms with Crippen molar-refractivity contribution in [3.63, 3.8) is 0 Å². The molecule has 2 nitrogen and oxygen atoms in total. The van der Waals surface area contributed by atoms with Gasteiger partial charge < -0.3 is 4.90 Å². The van der Waals surface area contributed by atoms with E-state index in [-0.39, 0.29) is 0 Å². The third-order valence-corrected chi connectivity index (χ3v) is 3.69. The van der Waals surface area contributed by atoms with Crippen LogP contribution in [-0.4, -0.2) is 18.6 Å². The highest BCUT2D eigenvalue weighted by Gasteiger charge is 2.29. The largest absolute Gasteiger partial charge is 0.327 e. The number of hydrogen-bond donors (Lipinski definition) is 1. The summed E-state index contributed by atoms with van der Waals surface area (Å²) in [5.74, 6) is 0. The molecule has 1 aliphatic rings. The van der Waals surface area contributed by atoms with E-state index in [1.165, 1.54) is 29.7 Å². The molecule has 3 rings (SSSR count). The Morgan fingerprint density at radius 2 is 1.88 bits per heavy atom. The Balaban J connectivity index is 2.10. The minimum atomic E-state index is 0.461. The normalized spacial score (nSPS) is 23.1. The van der Waals surface area contributed by atoms with Gasteiger partial charge in [-0.25, -0.2) is 0 Å². The van der Waals surface area contributed by atoms with E-state index in [2.05, 4.69) is 48.4 Å². The van der Waals surface area contributed by atoms with Gasteiger partial charge in [-0.05, 0) is 17.7 Å². The molecule has 1 N–H and O–H groups in total. The predicted molar refractivity (Wildman–Crippen MR) is 68.0 cm³/mol. The van der Waals surface area contributed by atoms with Crippen molar-refractivity contribution in [3.8, 4) is 0 Å². The Morgan fingerprint density at radius 1 is 1.12 bits per heavy atom. The van der Waals surface area contributed by atoms with Gasteiger partial charge in [0.1, 0.15) is 6.04 Å². The summed E-state index contributed by atoms with van der Waals surface area (Å²) in [5.41, 5.74) is 4.34. The molecule has 2 heteroatoms. The molecule has 2 atom stereocenters. The van der Waals surface area contributed by atoms with Crippen molar-refractivity contribution in [1.29, 1.82) is 0 Å². The number of pyridine rings is 1. The summed E-state index contributed by atoms with van der Waals surface area (Å²) in [4.78, 5) is 5.68. The standard InChI is InChI=1S/C15H16N2/c1-17-11-8-12-4-2-3-5-14(12)15(17)13-6-9-16-10-7-13/h2-7,9-10,15H,8,11H2,1H3/p+1/t15-/m1/s1. The van der Waals surface area contributed by atoms with Crippen LogP contribution in [0.25, 0.3) is 0 Å². The van der Waals surface area contributed by atoms with Crippen molar-refractivity contribution < 1.29 is 4.90 Å². The topological polar surface area (TPSA) is 17.3 Å². The Morgan fingerprint density at radius 3 is 2.71 bits per heavy atom. The van der Waals surface area contributed by atoms with E-state index in [1.807, 2.05) is 12.4 Å². The third kappa shape index (κ3) is 1.85. The first-order chi connectivity index (χ1) is 8.36. The summed E-state index contributed by atoms with van der Waals surface area (Å²) in [6.45, 7) is 1.20. The molecular formula is C15H17N2+. The average molecular weight is 225 g/mol. The first-order valence-electron chi connectivity index (χ1n) is 6.16. The lowest BCUT2D eigenvalue weighted by Crippen LogP contribution is -3.10. The zero-order valence-electron chi connectivity index (χ0n) is 10.1. The van der Waals surface area contributed by atoms with Gasteiger partial charge in [0.25, 0.3) is 0 Å². The van der Waals surface area contributed by atoms with E-state index in [0.717, 1.165) is 0 Å². The lowest BCUT2D eigenvalue weighted by Gasteiger charge is -2.31. The fourth-order valence-electron chi connectivity index (χ4n) is 2.81. The van der Waals surface area contributed by atoms with E-state index in [9.17, 15) is 0 Å². The highest BCUT2D eigenvalue weighted by molar-refractivity contribution is 5.36. The fraction of sp³-hybridized carbons (Fsp3) is 0.267. The zero-order chi connectivity index (χ0) is 11.7. The monoisotopic (exact) mass is 225 g/mol. The van der Waals surface area contributed by atoms with Gasteiger partial charge in [0.2, 0.25) is 0 Å². The van der Waals surface area contributed by atoms with Crippen LogP contribution in [0.4, 0.5) is 0 Å². The number of fused-ring (bicyclic) bond motifs is 1. The molecule has 1 aromatic carbocycles. The quantitative estimate of drug-likeness (QED) is 0.773. The smallest absolute Gasteiger partial charge is 0.139 e. The van der Waals surface area contributed by atoms with Gasteiger partial charge in [-0.3, -0.25) is 4.98 Å².